The molecule has 0 spiro atoms. The van der Waals surface area contributed by atoms with Crippen LogP contribution in [0, 0.1) is 17.5 Å². The van der Waals surface area contributed by atoms with Crippen molar-refractivity contribution in [3.05, 3.63) is 65.2 Å². The van der Waals surface area contributed by atoms with Gasteiger partial charge in [0.2, 0.25) is 0 Å². The Labute approximate surface area is 102 Å². The van der Waals surface area contributed by atoms with Crippen molar-refractivity contribution < 1.29 is 13.2 Å². The molecule has 0 aliphatic carbocycles. The minimum atomic E-state index is -1.48. The van der Waals surface area contributed by atoms with Crippen molar-refractivity contribution in [3.8, 4) is 0 Å². The lowest BCUT2D eigenvalue weighted by Gasteiger charge is -2.12. The Morgan fingerprint density at radius 3 is 2.33 bits per heavy atom. The Kier molecular flexibility index (Phi) is 3.62. The van der Waals surface area contributed by atoms with Crippen LogP contribution < -0.4 is 5.73 Å². The summed E-state index contributed by atoms with van der Waals surface area (Å²) in [6.45, 7) is 0. The molecule has 0 saturated heterocycles. The molecular weight excluding hydrogens is 241 g/mol. The van der Waals surface area contributed by atoms with Crippen molar-refractivity contribution in [2.75, 3.05) is 0 Å². The van der Waals surface area contributed by atoms with E-state index in [2.05, 4.69) is 4.98 Å². The maximum absolute atomic E-state index is 13.1. The van der Waals surface area contributed by atoms with Gasteiger partial charge in [-0.1, -0.05) is 6.07 Å². The number of aromatic nitrogens is 1. The minimum absolute atomic E-state index is 0.206. The fraction of sp³-hybridized carbons (Fsp3) is 0.154. The van der Waals surface area contributed by atoms with Crippen LogP contribution in [-0.2, 0) is 6.42 Å². The maximum Gasteiger partial charge on any atom is 0.194 e. The lowest BCUT2D eigenvalue weighted by Crippen LogP contribution is -2.15. The molecule has 1 atom stereocenters. The largest absolute Gasteiger partial charge is 0.324 e. The summed E-state index contributed by atoms with van der Waals surface area (Å²) in [5.74, 6) is -3.95. The number of benzene rings is 1. The van der Waals surface area contributed by atoms with Gasteiger partial charge in [0.15, 0.2) is 17.5 Å². The summed E-state index contributed by atoms with van der Waals surface area (Å²) in [6.07, 6.45) is 1.93. The summed E-state index contributed by atoms with van der Waals surface area (Å²) < 4.78 is 38.9. The van der Waals surface area contributed by atoms with Gasteiger partial charge in [-0.05, 0) is 29.8 Å². The first kappa shape index (κ1) is 12.6. The molecule has 1 unspecified atom stereocenters. The molecule has 1 heterocycles. The van der Waals surface area contributed by atoms with Crippen LogP contribution in [0.25, 0.3) is 0 Å². The number of halogens is 3. The molecule has 0 amide bonds. The maximum atomic E-state index is 13.1. The Morgan fingerprint density at radius 2 is 1.78 bits per heavy atom. The van der Waals surface area contributed by atoms with Crippen molar-refractivity contribution in [2.45, 2.75) is 12.5 Å². The Morgan fingerprint density at radius 1 is 1.11 bits per heavy atom. The van der Waals surface area contributed by atoms with E-state index in [1.54, 1.807) is 24.4 Å². The van der Waals surface area contributed by atoms with Crippen LogP contribution in [0.1, 0.15) is 17.3 Å². The molecule has 2 rings (SSSR count). The van der Waals surface area contributed by atoms with Crippen LogP contribution in [0.2, 0.25) is 0 Å². The summed E-state index contributed by atoms with van der Waals surface area (Å²) in [5.41, 5.74) is 6.73. The molecule has 2 aromatic rings. The van der Waals surface area contributed by atoms with Gasteiger partial charge in [-0.25, -0.2) is 13.2 Å². The summed E-state index contributed by atoms with van der Waals surface area (Å²) in [4.78, 5) is 4.07. The first-order valence-corrected chi connectivity index (χ1v) is 5.38. The molecule has 0 fully saturated rings. The average Bonchev–Trinajstić information content (AvgIpc) is 2.36. The second-order valence-electron chi connectivity index (χ2n) is 3.93. The molecule has 94 valence electrons. The van der Waals surface area contributed by atoms with Gasteiger partial charge in [0.1, 0.15) is 0 Å². The summed E-state index contributed by atoms with van der Waals surface area (Å²) in [6, 6.07) is 6.49. The van der Waals surface area contributed by atoms with Crippen LogP contribution in [-0.4, -0.2) is 4.98 Å². The molecule has 1 aromatic carbocycles. The third kappa shape index (κ3) is 2.68. The van der Waals surface area contributed by atoms with Crippen molar-refractivity contribution in [3.63, 3.8) is 0 Å². The fourth-order valence-corrected chi connectivity index (χ4v) is 1.65. The molecule has 0 radical (unpaired) electrons. The van der Waals surface area contributed by atoms with Gasteiger partial charge in [-0.3, -0.25) is 4.98 Å². The van der Waals surface area contributed by atoms with Crippen molar-refractivity contribution >= 4 is 0 Å². The minimum Gasteiger partial charge on any atom is -0.324 e. The van der Waals surface area contributed by atoms with E-state index in [-0.39, 0.29) is 5.56 Å². The van der Waals surface area contributed by atoms with E-state index in [0.29, 0.717) is 12.1 Å². The summed E-state index contributed by atoms with van der Waals surface area (Å²) in [7, 11) is 0. The number of hydrogen-bond acceptors (Lipinski definition) is 2. The average molecular weight is 252 g/mol. The Balaban J connectivity index is 2.22. The highest BCUT2D eigenvalue weighted by atomic mass is 19.2. The third-order valence-electron chi connectivity index (χ3n) is 2.59. The van der Waals surface area contributed by atoms with E-state index >= 15 is 0 Å². The monoisotopic (exact) mass is 252 g/mol. The van der Waals surface area contributed by atoms with Crippen molar-refractivity contribution in [1.82, 2.24) is 4.98 Å². The lowest BCUT2D eigenvalue weighted by atomic mass is 10.0. The molecule has 0 aliphatic heterocycles. The highest BCUT2D eigenvalue weighted by Gasteiger charge is 2.15. The molecule has 18 heavy (non-hydrogen) atoms. The topological polar surface area (TPSA) is 38.9 Å². The molecule has 0 bridgehead atoms. The molecular formula is C13H11F3N2. The van der Waals surface area contributed by atoms with Crippen molar-refractivity contribution in [1.29, 1.82) is 0 Å². The molecule has 2 N–H and O–H groups in total. The quantitative estimate of drug-likeness (QED) is 0.853. The van der Waals surface area contributed by atoms with Crippen molar-refractivity contribution in [2.24, 2.45) is 5.73 Å². The molecule has 5 heteroatoms. The first-order chi connectivity index (χ1) is 8.58. The van der Waals surface area contributed by atoms with Crippen LogP contribution in [0.3, 0.4) is 0 Å². The van der Waals surface area contributed by atoms with E-state index < -0.39 is 23.5 Å². The third-order valence-corrected chi connectivity index (χ3v) is 2.59. The van der Waals surface area contributed by atoms with E-state index in [1.165, 1.54) is 0 Å². The van der Waals surface area contributed by atoms with Gasteiger partial charge in [0.25, 0.3) is 0 Å². The predicted octanol–water partition coefficient (Wildman–Crippen LogP) is 2.74. The zero-order chi connectivity index (χ0) is 13.1. The lowest BCUT2D eigenvalue weighted by molar-refractivity contribution is 0.443. The SMILES string of the molecule is NC(Cc1ccccn1)c1cc(F)c(F)c(F)c1. The van der Waals surface area contributed by atoms with E-state index in [0.717, 1.165) is 12.1 Å². The second kappa shape index (κ2) is 5.18. The van der Waals surface area contributed by atoms with E-state index in [9.17, 15) is 13.2 Å². The van der Waals surface area contributed by atoms with Gasteiger partial charge in [-0.15, -0.1) is 0 Å². The van der Waals surface area contributed by atoms with E-state index in [4.69, 9.17) is 5.73 Å². The highest BCUT2D eigenvalue weighted by molar-refractivity contribution is 5.24. The molecule has 2 nitrogen and oxygen atoms in total. The normalized spacial score (nSPS) is 12.4. The first-order valence-electron chi connectivity index (χ1n) is 5.38. The molecule has 1 aromatic heterocycles. The number of nitrogens with zero attached hydrogens (tertiary/aromatic N) is 1. The number of rotatable bonds is 3. The standard InChI is InChI=1S/C13H11F3N2/c14-10-5-8(6-11(15)13(10)16)12(17)7-9-3-1-2-4-18-9/h1-6,12H,7,17H2. The van der Waals surface area contributed by atoms with Gasteiger partial charge >= 0.3 is 0 Å². The predicted molar refractivity (Wildman–Crippen MR) is 61.2 cm³/mol. The van der Waals surface area contributed by atoms with Crippen LogP contribution in [0.15, 0.2) is 36.5 Å². The van der Waals surface area contributed by atoms with Gasteiger partial charge in [0, 0.05) is 24.4 Å². The smallest absolute Gasteiger partial charge is 0.194 e. The second-order valence-corrected chi connectivity index (χ2v) is 3.93. The molecule has 0 aliphatic rings. The number of pyridine rings is 1. The van der Waals surface area contributed by atoms with Gasteiger partial charge in [-0.2, -0.15) is 0 Å². The highest BCUT2D eigenvalue weighted by Crippen LogP contribution is 2.20. The zero-order valence-electron chi connectivity index (χ0n) is 9.41. The number of nitrogens with two attached hydrogens (primary N) is 1. The van der Waals surface area contributed by atoms with E-state index in [1.807, 2.05) is 0 Å². The summed E-state index contributed by atoms with van der Waals surface area (Å²) in [5, 5.41) is 0. The van der Waals surface area contributed by atoms with Gasteiger partial charge in [0.05, 0.1) is 0 Å². The Bertz CT molecular complexity index is 520. The molecule has 0 saturated carbocycles. The zero-order valence-corrected chi connectivity index (χ0v) is 9.41. The van der Waals surface area contributed by atoms with Crippen LogP contribution >= 0.6 is 0 Å². The summed E-state index contributed by atoms with van der Waals surface area (Å²) >= 11 is 0. The van der Waals surface area contributed by atoms with Crippen LogP contribution in [0.4, 0.5) is 13.2 Å². The van der Waals surface area contributed by atoms with Crippen LogP contribution in [0.5, 0.6) is 0 Å². The fourth-order valence-electron chi connectivity index (χ4n) is 1.65. The van der Waals surface area contributed by atoms with Gasteiger partial charge < -0.3 is 5.73 Å². The Hall–Kier alpha value is -1.88. The number of hydrogen-bond donors (Lipinski definition) is 1.